The van der Waals surface area contributed by atoms with Gasteiger partial charge < -0.3 is 14.6 Å². The number of hydrogen-bond donors (Lipinski definition) is 1. The second kappa shape index (κ2) is 5.28. The van der Waals surface area contributed by atoms with Crippen molar-refractivity contribution in [3.63, 3.8) is 0 Å². The number of ether oxygens (including phenoxy) is 1. The molecule has 2 aromatic heterocycles. The summed E-state index contributed by atoms with van der Waals surface area (Å²) in [7, 11) is 1.59. The maximum absolute atomic E-state index is 12.2. The minimum absolute atomic E-state index is 0.0799. The third-order valence-electron chi connectivity index (χ3n) is 4.04. The average Bonchev–Trinajstić information content (AvgIpc) is 2.82. The lowest BCUT2D eigenvalue weighted by Crippen LogP contribution is -2.39. The second-order valence-corrected chi connectivity index (χ2v) is 5.21. The molecule has 0 aromatic carbocycles. The number of methoxy groups -OCH3 is 1. The Bertz CT molecular complexity index is 661. The van der Waals surface area contributed by atoms with Gasteiger partial charge in [0.25, 0.3) is 0 Å². The molecule has 0 spiro atoms. The summed E-state index contributed by atoms with van der Waals surface area (Å²) >= 11 is 0. The van der Waals surface area contributed by atoms with Gasteiger partial charge in [-0.25, -0.2) is 4.79 Å². The van der Waals surface area contributed by atoms with Crippen LogP contribution < -0.4 is 10.4 Å². The summed E-state index contributed by atoms with van der Waals surface area (Å²) in [4.78, 5) is 21.9. The zero-order valence-electron chi connectivity index (χ0n) is 11.9. The number of aromatic amines is 1. The van der Waals surface area contributed by atoms with Gasteiger partial charge in [0.05, 0.1) is 18.7 Å². The van der Waals surface area contributed by atoms with E-state index in [1.54, 1.807) is 17.7 Å². The van der Waals surface area contributed by atoms with Crippen LogP contribution in [0, 0.1) is 0 Å². The molecule has 0 aliphatic carbocycles. The highest BCUT2D eigenvalue weighted by atomic mass is 16.5. The number of aromatic nitrogens is 3. The van der Waals surface area contributed by atoms with Gasteiger partial charge in [-0.05, 0) is 32.0 Å². The smallest absolute Gasteiger partial charge is 0.327 e. The van der Waals surface area contributed by atoms with Crippen molar-refractivity contribution < 1.29 is 4.74 Å². The van der Waals surface area contributed by atoms with Crippen LogP contribution in [0.1, 0.15) is 25.8 Å². The minimum atomic E-state index is -0.0799. The maximum Gasteiger partial charge on any atom is 0.327 e. The van der Waals surface area contributed by atoms with Crippen LogP contribution in [0.25, 0.3) is 11.2 Å². The van der Waals surface area contributed by atoms with Gasteiger partial charge in [0.2, 0.25) is 5.88 Å². The number of nitrogens with one attached hydrogen (secondary N) is 1. The zero-order chi connectivity index (χ0) is 14.1. The van der Waals surface area contributed by atoms with Crippen molar-refractivity contribution in [2.75, 3.05) is 26.7 Å². The van der Waals surface area contributed by atoms with E-state index in [1.165, 1.54) is 0 Å². The fourth-order valence-electron chi connectivity index (χ4n) is 2.97. The number of pyridine rings is 1. The lowest BCUT2D eigenvalue weighted by Gasteiger charge is -2.32. The highest BCUT2D eigenvalue weighted by molar-refractivity contribution is 5.71. The molecule has 1 unspecified atom stereocenters. The first-order chi connectivity index (χ1) is 9.72. The molecule has 0 bridgehead atoms. The van der Waals surface area contributed by atoms with Crippen LogP contribution in [0.15, 0.2) is 16.9 Å². The molecule has 3 heterocycles. The molecule has 6 heteroatoms. The number of hydrogen-bond acceptors (Lipinski definition) is 4. The Morgan fingerprint density at radius 1 is 1.50 bits per heavy atom. The van der Waals surface area contributed by atoms with Gasteiger partial charge in [-0.1, -0.05) is 6.92 Å². The van der Waals surface area contributed by atoms with E-state index in [-0.39, 0.29) is 11.7 Å². The molecule has 108 valence electrons. The molecule has 0 radical (unpaired) electrons. The van der Waals surface area contributed by atoms with Gasteiger partial charge in [-0.2, -0.15) is 4.98 Å². The van der Waals surface area contributed by atoms with Crippen LogP contribution in [0.4, 0.5) is 0 Å². The standard InChI is InChI=1S/C14H20N4O2/c1-3-17-8-4-5-10(9-17)18-13-11(15-14(18)19)6-7-12(16-13)20-2/h6-7,10H,3-5,8-9H2,1-2H3,(H,15,19). The summed E-state index contributed by atoms with van der Waals surface area (Å²) in [6.45, 7) is 5.19. The van der Waals surface area contributed by atoms with E-state index in [4.69, 9.17) is 4.74 Å². The number of H-pyrrole nitrogens is 1. The van der Waals surface area contributed by atoms with Gasteiger partial charge in [0.1, 0.15) is 0 Å². The van der Waals surface area contributed by atoms with E-state index in [0.29, 0.717) is 11.5 Å². The van der Waals surface area contributed by atoms with Crippen LogP contribution in [-0.4, -0.2) is 46.2 Å². The van der Waals surface area contributed by atoms with Gasteiger partial charge >= 0.3 is 5.69 Å². The third kappa shape index (κ3) is 2.20. The fourth-order valence-corrected chi connectivity index (χ4v) is 2.97. The quantitative estimate of drug-likeness (QED) is 0.920. The summed E-state index contributed by atoms with van der Waals surface area (Å²) in [6, 6.07) is 3.80. The summed E-state index contributed by atoms with van der Waals surface area (Å²) < 4.78 is 6.96. The van der Waals surface area contributed by atoms with Crippen molar-refractivity contribution in [1.29, 1.82) is 0 Å². The lowest BCUT2D eigenvalue weighted by atomic mass is 10.1. The molecule has 1 saturated heterocycles. The Labute approximate surface area is 117 Å². The monoisotopic (exact) mass is 276 g/mol. The van der Waals surface area contributed by atoms with E-state index in [1.807, 2.05) is 6.07 Å². The molecule has 3 rings (SSSR count). The number of nitrogens with zero attached hydrogens (tertiary/aromatic N) is 3. The van der Waals surface area contributed by atoms with Crippen molar-refractivity contribution in [2.24, 2.45) is 0 Å². The summed E-state index contributed by atoms with van der Waals surface area (Å²) in [5, 5.41) is 0. The number of piperidine rings is 1. The molecule has 1 atom stereocenters. The molecule has 1 aliphatic rings. The van der Waals surface area contributed by atoms with Crippen molar-refractivity contribution in [1.82, 2.24) is 19.4 Å². The van der Waals surface area contributed by atoms with E-state index in [2.05, 4.69) is 21.8 Å². The van der Waals surface area contributed by atoms with E-state index >= 15 is 0 Å². The number of likely N-dealkylation sites (tertiary alicyclic amines) is 1. The van der Waals surface area contributed by atoms with E-state index in [0.717, 1.165) is 38.0 Å². The molecule has 1 fully saturated rings. The Balaban J connectivity index is 2.05. The number of imidazole rings is 1. The van der Waals surface area contributed by atoms with Gasteiger partial charge in [0, 0.05) is 12.6 Å². The fraction of sp³-hybridized carbons (Fsp3) is 0.571. The van der Waals surface area contributed by atoms with Crippen molar-refractivity contribution >= 4 is 11.2 Å². The molecule has 1 N–H and O–H groups in total. The Kier molecular flexibility index (Phi) is 3.48. The predicted molar refractivity (Wildman–Crippen MR) is 77.3 cm³/mol. The highest BCUT2D eigenvalue weighted by Gasteiger charge is 2.24. The van der Waals surface area contributed by atoms with Crippen LogP contribution in [0.5, 0.6) is 5.88 Å². The van der Waals surface area contributed by atoms with Crippen molar-refractivity contribution in [3.05, 3.63) is 22.6 Å². The molecule has 2 aromatic rings. The Morgan fingerprint density at radius 3 is 3.10 bits per heavy atom. The van der Waals surface area contributed by atoms with Crippen LogP contribution in [0.3, 0.4) is 0 Å². The van der Waals surface area contributed by atoms with Gasteiger partial charge in [-0.15, -0.1) is 0 Å². The Morgan fingerprint density at radius 2 is 2.35 bits per heavy atom. The molecular formula is C14H20N4O2. The van der Waals surface area contributed by atoms with Gasteiger partial charge in [0.15, 0.2) is 5.65 Å². The summed E-state index contributed by atoms with van der Waals surface area (Å²) in [6.07, 6.45) is 2.13. The molecule has 20 heavy (non-hydrogen) atoms. The molecule has 0 amide bonds. The first-order valence-electron chi connectivity index (χ1n) is 7.10. The van der Waals surface area contributed by atoms with Crippen molar-refractivity contribution in [2.45, 2.75) is 25.8 Å². The maximum atomic E-state index is 12.2. The number of fused-ring (bicyclic) bond motifs is 1. The summed E-state index contributed by atoms with van der Waals surface area (Å²) in [5.74, 6) is 0.536. The molecular weight excluding hydrogens is 256 g/mol. The normalized spacial score (nSPS) is 20.4. The van der Waals surface area contributed by atoms with E-state index < -0.39 is 0 Å². The predicted octanol–water partition coefficient (Wildman–Crippen LogP) is 1.39. The second-order valence-electron chi connectivity index (χ2n) is 5.21. The van der Waals surface area contributed by atoms with E-state index in [9.17, 15) is 4.79 Å². The minimum Gasteiger partial charge on any atom is -0.481 e. The highest BCUT2D eigenvalue weighted by Crippen LogP contribution is 2.24. The zero-order valence-corrected chi connectivity index (χ0v) is 11.9. The topological polar surface area (TPSA) is 63.2 Å². The van der Waals surface area contributed by atoms with Crippen LogP contribution in [0.2, 0.25) is 0 Å². The number of rotatable bonds is 3. The number of likely N-dealkylation sites (N-methyl/N-ethyl adjacent to an activating group) is 1. The van der Waals surface area contributed by atoms with Crippen LogP contribution in [-0.2, 0) is 0 Å². The first-order valence-corrected chi connectivity index (χ1v) is 7.10. The van der Waals surface area contributed by atoms with Crippen LogP contribution >= 0.6 is 0 Å². The SMILES string of the molecule is CCN1CCCC(n2c(=O)[nH]c3ccc(OC)nc32)C1. The molecule has 1 aliphatic heterocycles. The molecule has 0 saturated carbocycles. The third-order valence-corrected chi connectivity index (χ3v) is 4.04. The molecule has 6 nitrogen and oxygen atoms in total. The largest absolute Gasteiger partial charge is 0.481 e. The Hall–Kier alpha value is -1.82. The first kappa shape index (κ1) is 13.2. The average molecular weight is 276 g/mol. The lowest BCUT2D eigenvalue weighted by molar-refractivity contribution is 0.185. The van der Waals surface area contributed by atoms with Gasteiger partial charge in [-0.3, -0.25) is 4.57 Å². The summed E-state index contributed by atoms with van der Waals surface area (Å²) in [5.41, 5.74) is 1.38. The van der Waals surface area contributed by atoms with Crippen molar-refractivity contribution in [3.8, 4) is 5.88 Å².